The summed E-state index contributed by atoms with van der Waals surface area (Å²) in [6, 6.07) is 10.9. The van der Waals surface area contributed by atoms with E-state index >= 15 is 0 Å². The number of hydrogen-bond acceptors (Lipinski definition) is 4. The van der Waals surface area contributed by atoms with Crippen molar-refractivity contribution in [2.75, 3.05) is 27.2 Å². The smallest absolute Gasteiger partial charge is 0.250 e. The Morgan fingerprint density at radius 2 is 1.96 bits per heavy atom. The number of benzene rings is 1. The van der Waals surface area contributed by atoms with Gasteiger partial charge in [-0.2, -0.15) is 0 Å². The van der Waals surface area contributed by atoms with Crippen LogP contribution in [-0.2, 0) is 16.6 Å². The number of halogens is 1. The molecular formula is C16H21ClN4O2S2. The highest BCUT2D eigenvalue weighted by Gasteiger charge is 2.14. The van der Waals surface area contributed by atoms with Crippen molar-refractivity contribution < 1.29 is 8.42 Å². The molecule has 0 spiro atoms. The van der Waals surface area contributed by atoms with E-state index in [0.29, 0.717) is 28.3 Å². The minimum Gasteiger partial charge on any atom is -0.355 e. The van der Waals surface area contributed by atoms with Gasteiger partial charge in [-0.3, -0.25) is 4.99 Å². The minimum atomic E-state index is -3.43. The molecule has 0 atom stereocenters. The summed E-state index contributed by atoms with van der Waals surface area (Å²) >= 11 is 7.08. The highest BCUT2D eigenvalue weighted by atomic mass is 35.5. The number of nitrogens with one attached hydrogen (secondary N) is 2. The second kappa shape index (κ2) is 9.19. The predicted octanol–water partition coefficient (Wildman–Crippen LogP) is 2.39. The number of thiophene rings is 1. The van der Waals surface area contributed by atoms with Crippen molar-refractivity contribution in [2.45, 2.75) is 10.8 Å². The van der Waals surface area contributed by atoms with E-state index in [-0.39, 0.29) is 6.54 Å². The summed E-state index contributed by atoms with van der Waals surface area (Å²) in [6.07, 6.45) is 0. The van der Waals surface area contributed by atoms with Gasteiger partial charge in [-0.15, -0.1) is 11.3 Å². The molecule has 1 aromatic carbocycles. The summed E-state index contributed by atoms with van der Waals surface area (Å²) in [5.41, 5.74) is 1.10. The molecule has 2 aromatic rings. The van der Waals surface area contributed by atoms with Crippen molar-refractivity contribution >= 4 is 38.9 Å². The van der Waals surface area contributed by atoms with Crippen LogP contribution in [0.2, 0.25) is 5.02 Å². The summed E-state index contributed by atoms with van der Waals surface area (Å²) in [6.45, 7) is 1.37. The van der Waals surface area contributed by atoms with Gasteiger partial charge in [-0.1, -0.05) is 29.8 Å². The topological polar surface area (TPSA) is 73.8 Å². The summed E-state index contributed by atoms with van der Waals surface area (Å²) < 4.78 is 26.9. The molecule has 136 valence electrons. The Bertz CT molecular complexity index is 790. The number of guanidine groups is 1. The standard InChI is InChI=1S/C16H21ClN4O2S2/c1-18-16(21(2)12-13-5-7-14(17)8-6-13)19-9-10-20-25(22,23)15-4-3-11-24-15/h3-8,11,20H,9-10,12H2,1-2H3,(H,18,19). The quantitative estimate of drug-likeness (QED) is 0.425. The van der Waals surface area contributed by atoms with E-state index in [0.717, 1.165) is 5.56 Å². The molecule has 0 bridgehead atoms. The molecule has 0 unspecified atom stereocenters. The number of rotatable bonds is 7. The van der Waals surface area contributed by atoms with Crippen molar-refractivity contribution in [3.63, 3.8) is 0 Å². The molecule has 9 heteroatoms. The van der Waals surface area contributed by atoms with E-state index < -0.39 is 10.0 Å². The molecule has 2 N–H and O–H groups in total. The van der Waals surface area contributed by atoms with E-state index in [2.05, 4.69) is 15.0 Å². The van der Waals surface area contributed by atoms with Crippen LogP contribution in [0.3, 0.4) is 0 Å². The van der Waals surface area contributed by atoms with Crippen LogP contribution in [-0.4, -0.2) is 46.5 Å². The van der Waals surface area contributed by atoms with E-state index in [9.17, 15) is 8.42 Å². The van der Waals surface area contributed by atoms with Gasteiger partial charge < -0.3 is 10.2 Å². The van der Waals surface area contributed by atoms with Crippen LogP contribution < -0.4 is 10.0 Å². The fourth-order valence-corrected chi connectivity index (χ4v) is 4.37. The maximum Gasteiger partial charge on any atom is 0.250 e. The third-order valence-electron chi connectivity index (χ3n) is 3.37. The first-order chi connectivity index (χ1) is 11.9. The first-order valence-electron chi connectivity index (χ1n) is 7.62. The van der Waals surface area contributed by atoms with Crippen molar-refractivity contribution in [1.82, 2.24) is 14.9 Å². The summed E-state index contributed by atoms with van der Waals surface area (Å²) in [7, 11) is 0.175. The lowest BCUT2D eigenvalue weighted by atomic mass is 10.2. The fourth-order valence-electron chi connectivity index (χ4n) is 2.17. The molecular weight excluding hydrogens is 380 g/mol. The Morgan fingerprint density at radius 3 is 2.56 bits per heavy atom. The summed E-state index contributed by atoms with van der Waals surface area (Å²) in [5.74, 6) is 0.685. The molecule has 6 nitrogen and oxygen atoms in total. The van der Waals surface area contributed by atoms with E-state index in [1.807, 2.05) is 36.2 Å². The molecule has 0 saturated heterocycles. The van der Waals surface area contributed by atoms with Gasteiger partial charge in [0.2, 0.25) is 10.0 Å². The molecule has 0 aliphatic rings. The third-order valence-corrected chi connectivity index (χ3v) is 6.48. The first kappa shape index (κ1) is 19.7. The van der Waals surface area contributed by atoms with Crippen molar-refractivity contribution in [3.05, 3.63) is 52.4 Å². The molecule has 0 amide bonds. The van der Waals surface area contributed by atoms with Crippen LogP contribution in [0.4, 0.5) is 0 Å². The van der Waals surface area contributed by atoms with Gasteiger partial charge in [0.1, 0.15) is 4.21 Å². The zero-order valence-corrected chi connectivity index (χ0v) is 16.5. The van der Waals surface area contributed by atoms with Crippen LogP contribution in [0.15, 0.2) is 51.0 Å². The van der Waals surface area contributed by atoms with E-state index in [1.165, 1.54) is 11.3 Å². The minimum absolute atomic E-state index is 0.272. The average molecular weight is 401 g/mol. The zero-order valence-electron chi connectivity index (χ0n) is 14.1. The van der Waals surface area contributed by atoms with Gasteiger partial charge in [0.05, 0.1) is 0 Å². The summed E-state index contributed by atoms with van der Waals surface area (Å²) in [5, 5.41) is 5.58. The SMILES string of the molecule is CN=C(NCCNS(=O)(=O)c1cccs1)N(C)Cc1ccc(Cl)cc1. The largest absolute Gasteiger partial charge is 0.355 e. The molecule has 0 saturated carbocycles. The van der Waals surface area contributed by atoms with Gasteiger partial charge >= 0.3 is 0 Å². The second-order valence-electron chi connectivity index (χ2n) is 5.29. The van der Waals surface area contributed by atoms with Crippen molar-refractivity contribution in [3.8, 4) is 0 Å². The molecule has 0 fully saturated rings. The van der Waals surface area contributed by atoms with Gasteiger partial charge in [0.25, 0.3) is 0 Å². The van der Waals surface area contributed by atoms with E-state index in [4.69, 9.17) is 11.6 Å². The molecule has 1 heterocycles. The van der Waals surface area contributed by atoms with Gasteiger partial charge in [-0.05, 0) is 29.1 Å². The normalized spacial score (nSPS) is 12.2. The highest BCUT2D eigenvalue weighted by Crippen LogP contribution is 2.14. The lowest BCUT2D eigenvalue weighted by Crippen LogP contribution is -2.42. The number of aliphatic imine (C=N–C) groups is 1. The Morgan fingerprint density at radius 1 is 1.24 bits per heavy atom. The Balaban J connectivity index is 1.81. The zero-order chi connectivity index (χ0) is 18.3. The van der Waals surface area contributed by atoms with Crippen molar-refractivity contribution in [2.24, 2.45) is 4.99 Å². The fraction of sp³-hybridized carbons (Fsp3) is 0.312. The third kappa shape index (κ3) is 6.00. The average Bonchev–Trinajstić information content (AvgIpc) is 3.12. The van der Waals surface area contributed by atoms with Crippen LogP contribution in [0, 0.1) is 0 Å². The number of hydrogen-bond donors (Lipinski definition) is 2. The van der Waals surface area contributed by atoms with Gasteiger partial charge in [-0.25, -0.2) is 13.1 Å². The van der Waals surface area contributed by atoms with Crippen LogP contribution >= 0.6 is 22.9 Å². The Hall–Kier alpha value is -1.61. The Labute approximate surface area is 157 Å². The van der Waals surface area contributed by atoms with Gasteiger partial charge in [0, 0.05) is 38.8 Å². The monoisotopic (exact) mass is 400 g/mol. The van der Waals surface area contributed by atoms with Gasteiger partial charge in [0.15, 0.2) is 5.96 Å². The molecule has 0 aliphatic carbocycles. The Kier molecular flexibility index (Phi) is 7.24. The summed E-state index contributed by atoms with van der Waals surface area (Å²) in [4.78, 5) is 6.17. The van der Waals surface area contributed by atoms with Crippen LogP contribution in [0.1, 0.15) is 5.56 Å². The number of sulfonamides is 1. The molecule has 0 radical (unpaired) electrons. The number of nitrogens with zero attached hydrogens (tertiary/aromatic N) is 2. The lowest BCUT2D eigenvalue weighted by Gasteiger charge is -2.22. The van der Waals surface area contributed by atoms with Crippen LogP contribution in [0.5, 0.6) is 0 Å². The highest BCUT2D eigenvalue weighted by molar-refractivity contribution is 7.91. The molecule has 1 aromatic heterocycles. The van der Waals surface area contributed by atoms with E-state index in [1.54, 1.807) is 24.6 Å². The second-order valence-corrected chi connectivity index (χ2v) is 8.66. The lowest BCUT2D eigenvalue weighted by molar-refractivity contribution is 0.477. The van der Waals surface area contributed by atoms with Crippen LogP contribution in [0.25, 0.3) is 0 Å². The molecule has 0 aliphatic heterocycles. The maximum absolute atomic E-state index is 12.0. The first-order valence-corrected chi connectivity index (χ1v) is 10.4. The van der Waals surface area contributed by atoms with Crippen molar-refractivity contribution in [1.29, 1.82) is 0 Å². The maximum atomic E-state index is 12.0. The molecule has 2 rings (SSSR count). The predicted molar refractivity (Wildman–Crippen MR) is 104 cm³/mol. The molecule has 25 heavy (non-hydrogen) atoms.